The highest BCUT2D eigenvalue weighted by molar-refractivity contribution is 6.03. The quantitative estimate of drug-likeness (QED) is 0.331. The van der Waals surface area contributed by atoms with Crippen molar-refractivity contribution < 1.29 is 4.79 Å². The largest absolute Gasteiger partial charge is 0.369 e. The van der Waals surface area contributed by atoms with Gasteiger partial charge in [-0.1, -0.05) is 50.5 Å². The van der Waals surface area contributed by atoms with Crippen LogP contribution in [0.25, 0.3) is 33.4 Å². The van der Waals surface area contributed by atoms with Crippen LogP contribution in [0.15, 0.2) is 59.7 Å². The summed E-state index contributed by atoms with van der Waals surface area (Å²) in [6.07, 6.45) is 7.63. The van der Waals surface area contributed by atoms with Gasteiger partial charge < -0.3 is 20.1 Å². The van der Waals surface area contributed by atoms with Crippen LogP contribution in [0.3, 0.4) is 0 Å². The van der Waals surface area contributed by atoms with E-state index in [9.17, 15) is 9.59 Å². The zero-order chi connectivity index (χ0) is 27.6. The normalized spacial score (nSPS) is 16.9. The number of carbonyl (C=O) groups excluding carboxylic acids is 1. The average Bonchev–Trinajstić information content (AvgIpc) is 3.39. The molecule has 1 aliphatic heterocycles. The fourth-order valence-electron chi connectivity index (χ4n) is 6.12. The van der Waals surface area contributed by atoms with Gasteiger partial charge in [-0.05, 0) is 55.3 Å². The van der Waals surface area contributed by atoms with Crippen LogP contribution in [0.1, 0.15) is 51.5 Å². The summed E-state index contributed by atoms with van der Waals surface area (Å²) < 4.78 is 1.85. The first-order chi connectivity index (χ1) is 19.5. The van der Waals surface area contributed by atoms with Crippen molar-refractivity contribution in [2.24, 2.45) is 0 Å². The van der Waals surface area contributed by atoms with Gasteiger partial charge in [0.2, 0.25) is 5.91 Å². The number of amides is 1. The third kappa shape index (κ3) is 5.16. The zero-order valence-corrected chi connectivity index (χ0v) is 23.4. The summed E-state index contributed by atoms with van der Waals surface area (Å²) in [5.41, 5.74) is 6.07. The summed E-state index contributed by atoms with van der Waals surface area (Å²) >= 11 is 0. The molecule has 4 aromatic rings. The highest BCUT2D eigenvalue weighted by Gasteiger charge is 2.24. The van der Waals surface area contributed by atoms with E-state index in [1.807, 2.05) is 35.8 Å². The SMILES string of the molecule is CCC(=O)Nc1cccc(-c2c(-c3ccc(N4CCN(C)CC4)cc3)[nH]c3ncn(C4CCCCC4)c(=O)c23)c1. The second-order valence-corrected chi connectivity index (χ2v) is 11.2. The van der Waals surface area contributed by atoms with E-state index >= 15 is 0 Å². The number of nitrogens with one attached hydrogen (secondary N) is 2. The number of anilines is 2. The molecule has 2 aromatic carbocycles. The number of likely N-dealkylation sites (N-methyl/N-ethyl adjacent to an activating group) is 1. The van der Waals surface area contributed by atoms with Crippen molar-refractivity contribution in [2.45, 2.75) is 51.5 Å². The Morgan fingerprint density at radius 1 is 1.00 bits per heavy atom. The standard InChI is InChI=1S/C32H38N6O2/c1-3-27(39)34-24-9-7-8-23(20-24)28-29-31(33-21-38(32(29)40)26-10-5-4-6-11-26)35-30(28)22-12-14-25(15-13-22)37-18-16-36(2)17-19-37/h7-9,12-15,20-21,26,35H,3-6,10-11,16-19H2,1-2H3,(H,34,39). The predicted molar refractivity (Wildman–Crippen MR) is 162 cm³/mol. The maximum Gasteiger partial charge on any atom is 0.263 e. The summed E-state index contributed by atoms with van der Waals surface area (Å²) in [4.78, 5) is 39.3. The molecule has 3 heterocycles. The van der Waals surface area contributed by atoms with Gasteiger partial charge in [-0.25, -0.2) is 4.98 Å². The predicted octanol–water partition coefficient (Wildman–Crippen LogP) is 5.66. The van der Waals surface area contributed by atoms with Crippen molar-refractivity contribution >= 4 is 28.3 Å². The van der Waals surface area contributed by atoms with Crippen LogP contribution in [-0.2, 0) is 4.79 Å². The summed E-state index contributed by atoms with van der Waals surface area (Å²) in [5, 5.41) is 3.57. The monoisotopic (exact) mass is 538 g/mol. The van der Waals surface area contributed by atoms with E-state index in [2.05, 4.69) is 51.4 Å². The second kappa shape index (κ2) is 11.3. The van der Waals surface area contributed by atoms with E-state index in [0.29, 0.717) is 23.1 Å². The fourth-order valence-corrected chi connectivity index (χ4v) is 6.12. The van der Waals surface area contributed by atoms with E-state index in [1.165, 1.54) is 12.1 Å². The average molecular weight is 539 g/mol. The van der Waals surface area contributed by atoms with Crippen LogP contribution in [-0.4, -0.2) is 58.6 Å². The summed E-state index contributed by atoms with van der Waals surface area (Å²) in [7, 11) is 2.16. The summed E-state index contributed by atoms with van der Waals surface area (Å²) in [5.74, 6) is -0.0443. The molecular weight excluding hydrogens is 500 g/mol. The van der Waals surface area contributed by atoms with E-state index in [0.717, 1.165) is 74.2 Å². The van der Waals surface area contributed by atoms with E-state index in [-0.39, 0.29) is 17.5 Å². The van der Waals surface area contributed by atoms with Crippen molar-refractivity contribution in [1.29, 1.82) is 0 Å². The van der Waals surface area contributed by atoms with Gasteiger partial charge >= 0.3 is 0 Å². The molecule has 1 saturated carbocycles. The lowest BCUT2D eigenvalue weighted by atomic mass is 9.95. The first-order valence-corrected chi connectivity index (χ1v) is 14.6. The number of H-pyrrole nitrogens is 1. The molecule has 2 fully saturated rings. The molecule has 0 radical (unpaired) electrons. The summed E-state index contributed by atoms with van der Waals surface area (Å²) in [6, 6.07) is 16.5. The van der Waals surface area contributed by atoms with E-state index in [4.69, 9.17) is 4.98 Å². The highest BCUT2D eigenvalue weighted by atomic mass is 16.1. The number of rotatable bonds is 6. The van der Waals surface area contributed by atoms with E-state index in [1.54, 1.807) is 6.33 Å². The molecule has 2 aromatic heterocycles. The van der Waals surface area contributed by atoms with Gasteiger partial charge in [0.1, 0.15) is 12.0 Å². The molecule has 40 heavy (non-hydrogen) atoms. The number of piperazine rings is 1. The molecule has 0 unspecified atom stereocenters. The number of aromatic amines is 1. The molecule has 1 aliphatic carbocycles. The van der Waals surface area contributed by atoms with Gasteiger partial charge in [0.15, 0.2) is 0 Å². The Labute approximate surface area is 235 Å². The third-order valence-electron chi connectivity index (χ3n) is 8.49. The first kappa shape index (κ1) is 26.3. The third-order valence-corrected chi connectivity index (χ3v) is 8.49. The maximum absolute atomic E-state index is 14.1. The molecule has 0 atom stereocenters. The Hall–Kier alpha value is -3.91. The van der Waals surface area contributed by atoms with Crippen LogP contribution in [0.2, 0.25) is 0 Å². The number of benzene rings is 2. The minimum Gasteiger partial charge on any atom is -0.369 e. The van der Waals surface area contributed by atoms with Crippen LogP contribution >= 0.6 is 0 Å². The number of aromatic nitrogens is 3. The number of fused-ring (bicyclic) bond motifs is 1. The Bertz CT molecular complexity index is 1560. The van der Waals surface area contributed by atoms with Gasteiger partial charge in [-0.2, -0.15) is 0 Å². The Balaban J connectivity index is 1.47. The van der Waals surface area contributed by atoms with Gasteiger partial charge in [0.05, 0.1) is 11.1 Å². The topological polar surface area (TPSA) is 86.3 Å². The number of nitrogens with zero attached hydrogens (tertiary/aromatic N) is 4. The van der Waals surface area contributed by atoms with Gasteiger partial charge in [0, 0.05) is 55.6 Å². The second-order valence-electron chi connectivity index (χ2n) is 11.2. The van der Waals surface area contributed by atoms with Crippen LogP contribution in [0.5, 0.6) is 0 Å². The molecule has 2 N–H and O–H groups in total. The smallest absolute Gasteiger partial charge is 0.263 e. The zero-order valence-electron chi connectivity index (χ0n) is 23.4. The molecule has 8 nitrogen and oxygen atoms in total. The Morgan fingerprint density at radius 2 is 1.75 bits per heavy atom. The molecule has 0 bridgehead atoms. The number of hydrogen-bond donors (Lipinski definition) is 2. The van der Waals surface area contributed by atoms with Gasteiger partial charge in [-0.3, -0.25) is 14.2 Å². The molecule has 8 heteroatoms. The molecule has 1 amide bonds. The molecule has 6 rings (SSSR count). The van der Waals surface area contributed by atoms with Crippen molar-refractivity contribution in [2.75, 3.05) is 43.4 Å². The lowest BCUT2D eigenvalue weighted by Crippen LogP contribution is -2.44. The number of hydrogen-bond acceptors (Lipinski definition) is 5. The lowest BCUT2D eigenvalue weighted by molar-refractivity contribution is -0.115. The minimum absolute atomic E-state index is 0.00791. The van der Waals surface area contributed by atoms with Crippen molar-refractivity contribution in [3.63, 3.8) is 0 Å². The maximum atomic E-state index is 14.1. The first-order valence-electron chi connectivity index (χ1n) is 14.6. The van der Waals surface area contributed by atoms with Gasteiger partial charge in [0.25, 0.3) is 5.56 Å². The lowest BCUT2D eigenvalue weighted by Gasteiger charge is -2.34. The van der Waals surface area contributed by atoms with E-state index < -0.39 is 0 Å². The Kier molecular flexibility index (Phi) is 7.43. The fraction of sp³-hybridized carbons (Fsp3) is 0.406. The highest BCUT2D eigenvalue weighted by Crippen LogP contribution is 2.38. The van der Waals surface area contributed by atoms with Crippen molar-refractivity contribution in [1.82, 2.24) is 19.4 Å². The molecular formula is C32H38N6O2. The molecule has 208 valence electrons. The molecule has 2 aliphatic rings. The van der Waals surface area contributed by atoms with Gasteiger partial charge in [-0.15, -0.1) is 0 Å². The summed E-state index contributed by atoms with van der Waals surface area (Å²) in [6.45, 7) is 5.96. The van der Waals surface area contributed by atoms with Crippen LogP contribution in [0, 0.1) is 0 Å². The Morgan fingerprint density at radius 3 is 2.48 bits per heavy atom. The van der Waals surface area contributed by atoms with Crippen LogP contribution < -0.4 is 15.8 Å². The van der Waals surface area contributed by atoms with Crippen LogP contribution in [0.4, 0.5) is 11.4 Å². The molecule has 0 spiro atoms. The number of carbonyl (C=O) groups is 1. The van der Waals surface area contributed by atoms with Crippen molar-refractivity contribution in [3.05, 3.63) is 65.2 Å². The minimum atomic E-state index is -0.0443. The molecule has 1 saturated heterocycles. The van der Waals surface area contributed by atoms with Crippen molar-refractivity contribution in [3.8, 4) is 22.4 Å².